The molecule has 0 saturated heterocycles. The van der Waals surface area contributed by atoms with Gasteiger partial charge < -0.3 is 10.6 Å². The van der Waals surface area contributed by atoms with Crippen LogP contribution in [0.3, 0.4) is 0 Å². The number of benzene rings is 1. The zero-order chi connectivity index (χ0) is 17.0. The second-order valence-electron chi connectivity index (χ2n) is 5.03. The Morgan fingerprint density at radius 2 is 2.04 bits per heavy atom. The zero-order valence-electron chi connectivity index (χ0n) is 12.6. The van der Waals surface area contributed by atoms with Gasteiger partial charge in [-0.15, -0.1) is 11.3 Å². The SMILES string of the molecule is CNCC(C)C(=O)Nc1nc(-c2ccccc2C(F)(F)F)cs1. The van der Waals surface area contributed by atoms with E-state index in [-0.39, 0.29) is 28.2 Å². The summed E-state index contributed by atoms with van der Waals surface area (Å²) in [5, 5.41) is 7.29. The maximum absolute atomic E-state index is 13.0. The van der Waals surface area contributed by atoms with Crippen molar-refractivity contribution in [2.24, 2.45) is 5.92 Å². The van der Waals surface area contributed by atoms with Crippen molar-refractivity contribution in [3.05, 3.63) is 35.2 Å². The van der Waals surface area contributed by atoms with Gasteiger partial charge in [-0.3, -0.25) is 4.79 Å². The minimum absolute atomic E-state index is 0.0000207. The Bertz CT molecular complexity index is 685. The fraction of sp³-hybridized carbons (Fsp3) is 0.333. The number of alkyl halides is 3. The molecule has 2 N–H and O–H groups in total. The van der Waals surface area contributed by atoms with Crippen LogP contribution >= 0.6 is 11.3 Å². The van der Waals surface area contributed by atoms with Crippen LogP contribution in [0.5, 0.6) is 0 Å². The van der Waals surface area contributed by atoms with Gasteiger partial charge in [0.15, 0.2) is 5.13 Å². The Balaban J connectivity index is 2.22. The van der Waals surface area contributed by atoms with Gasteiger partial charge in [0, 0.05) is 23.4 Å². The minimum atomic E-state index is -4.45. The fourth-order valence-electron chi connectivity index (χ4n) is 2.04. The number of carbonyl (C=O) groups excluding carboxylic acids is 1. The average molecular weight is 343 g/mol. The molecule has 124 valence electrons. The Morgan fingerprint density at radius 1 is 1.35 bits per heavy atom. The van der Waals surface area contributed by atoms with Crippen LogP contribution in [-0.2, 0) is 11.0 Å². The van der Waals surface area contributed by atoms with Crippen molar-refractivity contribution in [2.45, 2.75) is 13.1 Å². The summed E-state index contributed by atoms with van der Waals surface area (Å²) in [5.74, 6) is -0.501. The van der Waals surface area contributed by atoms with E-state index in [1.54, 1.807) is 14.0 Å². The Labute approximate surface area is 135 Å². The molecular weight excluding hydrogens is 327 g/mol. The van der Waals surface area contributed by atoms with Gasteiger partial charge in [-0.1, -0.05) is 25.1 Å². The van der Waals surface area contributed by atoms with Crippen molar-refractivity contribution in [1.29, 1.82) is 0 Å². The first-order chi connectivity index (χ1) is 10.8. The lowest BCUT2D eigenvalue weighted by Crippen LogP contribution is -2.28. The molecule has 0 aliphatic carbocycles. The lowest BCUT2D eigenvalue weighted by molar-refractivity contribution is -0.137. The molecule has 1 aromatic heterocycles. The molecule has 1 heterocycles. The zero-order valence-corrected chi connectivity index (χ0v) is 13.4. The summed E-state index contributed by atoms with van der Waals surface area (Å²) >= 11 is 1.10. The maximum Gasteiger partial charge on any atom is 0.417 e. The molecule has 4 nitrogen and oxygen atoms in total. The third kappa shape index (κ3) is 4.29. The number of rotatable bonds is 5. The Kier molecular flexibility index (Phi) is 5.38. The summed E-state index contributed by atoms with van der Waals surface area (Å²) < 4.78 is 39.1. The van der Waals surface area contributed by atoms with E-state index in [1.807, 2.05) is 0 Å². The first kappa shape index (κ1) is 17.4. The largest absolute Gasteiger partial charge is 0.417 e. The summed E-state index contributed by atoms with van der Waals surface area (Å²) in [6, 6.07) is 5.24. The Morgan fingerprint density at radius 3 is 2.70 bits per heavy atom. The van der Waals surface area contributed by atoms with Gasteiger partial charge in [0.2, 0.25) is 5.91 Å². The summed E-state index contributed by atoms with van der Waals surface area (Å²) in [7, 11) is 1.74. The normalized spacial score (nSPS) is 12.9. The number of amides is 1. The van der Waals surface area contributed by atoms with Crippen molar-refractivity contribution in [1.82, 2.24) is 10.3 Å². The highest BCUT2D eigenvalue weighted by Crippen LogP contribution is 2.37. The Hall–Kier alpha value is -1.93. The van der Waals surface area contributed by atoms with Crippen molar-refractivity contribution in [2.75, 3.05) is 18.9 Å². The van der Waals surface area contributed by atoms with Crippen LogP contribution in [0.2, 0.25) is 0 Å². The van der Waals surface area contributed by atoms with Crippen molar-refractivity contribution in [3.63, 3.8) is 0 Å². The number of hydrogen-bond acceptors (Lipinski definition) is 4. The summed E-state index contributed by atoms with van der Waals surface area (Å²) in [5.41, 5.74) is -0.550. The quantitative estimate of drug-likeness (QED) is 0.872. The molecule has 0 spiro atoms. The lowest BCUT2D eigenvalue weighted by atomic mass is 10.1. The molecular formula is C15H16F3N3OS. The molecule has 0 aliphatic rings. The van der Waals surface area contributed by atoms with E-state index < -0.39 is 11.7 Å². The van der Waals surface area contributed by atoms with E-state index in [9.17, 15) is 18.0 Å². The lowest BCUT2D eigenvalue weighted by Gasteiger charge is -2.11. The van der Waals surface area contributed by atoms with Gasteiger partial charge in [0.1, 0.15) is 0 Å². The molecule has 1 atom stereocenters. The number of halogens is 3. The van der Waals surface area contributed by atoms with E-state index in [1.165, 1.54) is 23.6 Å². The molecule has 1 amide bonds. The second-order valence-corrected chi connectivity index (χ2v) is 5.89. The van der Waals surface area contributed by atoms with Gasteiger partial charge in [-0.25, -0.2) is 4.98 Å². The number of carbonyl (C=O) groups is 1. The number of nitrogens with zero attached hydrogens (tertiary/aromatic N) is 1. The molecule has 8 heteroatoms. The highest BCUT2D eigenvalue weighted by atomic mass is 32.1. The van der Waals surface area contributed by atoms with E-state index in [4.69, 9.17) is 0 Å². The van der Waals surface area contributed by atoms with Crippen LogP contribution in [0, 0.1) is 5.92 Å². The van der Waals surface area contributed by atoms with Crippen LogP contribution in [0.25, 0.3) is 11.3 Å². The highest BCUT2D eigenvalue weighted by Gasteiger charge is 2.33. The number of nitrogens with one attached hydrogen (secondary N) is 2. The minimum Gasteiger partial charge on any atom is -0.319 e. The highest BCUT2D eigenvalue weighted by molar-refractivity contribution is 7.14. The third-order valence-electron chi connectivity index (χ3n) is 3.20. The molecule has 1 unspecified atom stereocenters. The average Bonchev–Trinajstić information content (AvgIpc) is 2.95. The van der Waals surface area contributed by atoms with E-state index in [0.29, 0.717) is 6.54 Å². The smallest absolute Gasteiger partial charge is 0.319 e. The maximum atomic E-state index is 13.0. The number of aromatic nitrogens is 1. The number of thiazole rings is 1. The van der Waals surface area contributed by atoms with E-state index in [2.05, 4.69) is 15.6 Å². The van der Waals surface area contributed by atoms with E-state index >= 15 is 0 Å². The standard InChI is InChI=1S/C15H16F3N3OS/c1-9(7-19-2)13(22)21-14-20-12(8-23-14)10-5-3-4-6-11(10)15(16,17)18/h3-6,8-9,19H,7H2,1-2H3,(H,20,21,22). The predicted molar refractivity (Wildman–Crippen MR) is 84.3 cm³/mol. The first-order valence-corrected chi connectivity index (χ1v) is 7.78. The van der Waals surface area contributed by atoms with Gasteiger partial charge in [-0.05, 0) is 13.1 Å². The number of hydrogen-bond donors (Lipinski definition) is 2. The molecule has 0 fully saturated rings. The van der Waals surface area contributed by atoms with Crippen LogP contribution in [0.1, 0.15) is 12.5 Å². The number of anilines is 1. The van der Waals surface area contributed by atoms with Gasteiger partial charge in [0.05, 0.1) is 11.3 Å². The van der Waals surface area contributed by atoms with Crippen LogP contribution in [0.4, 0.5) is 18.3 Å². The predicted octanol–water partition coefficient (Wildman–Crippen LogP) is 3.62. The summed E-state index contributed by atoms with van der Waals surface area (Å²) in [6.07, 6.45) is -4.45. The monoisotopic (exact) mass is 343 g/mol. The van der Waals surface area contributed by atoms with Crippen molar-refractivity contribution in [3.8, 4) is 11.3 Å². The molecule has 0 aliphatic heterocycles. The van der Waals surface area contributed by atoms with Crippen LogP contribution in [0.15, 0.2) is 29.6 Å². The fourth-order valence-corrected chi connectivity index (χ4v) is 2.75. The molecule has 2 rings (SSSR count). The van der Waals surface area contributed by atoms with Crippen LogP contribution in [-0.4, -0.2) is 24.5 Å². The third-order valence-corrected chi connectivity index (χ3v) is 3.96. The molecule has 0 saturated carbocycles. The summed E-state index contributed by atoms with van der Waals surface area (Å²) in [6.45, 7) is 2.25. The van der Waals surface area contributed by atoms with Crippen LogP contribution < -0.4 is 10.6 Å². The van der Waals surface area contributed by atoms with E-state index in [0.717, 1.165) is 17.4 Å². The van der Waals surface area contributed by atoms with Gasteiger partial charge in [-0.2, -0.15) is 13.2 Å². The van der Waals surface area contributed by atoms with Crippen molar-refractivity contribution >= 4 is 22.4 Å². The van der Waals surface area contributed by atoms with Gasteiger partial charge >= 0.3 is 6.18 Å². The second kappa shape index (κ2) is 7.10. The molecule has 1 aromatic carbocycles. The molecule has 23 heavy (non-hydrogen) atoms. The van der Waals surface area contributed by atoms with Gasteiger partial charge in [0.25, 0.3) is 0 Å². The molecule has 0 radical (unpaired) electrons. The first-order valence-electron chi connectivity index (χ1n) is 6.90. The topological polar surface area (TPSA) is 54.0 Å². The van der Waals surface area contributed by atoms with Crippen molar-refractivity contribution < 1.29 is 18.0 Å². The molecule has 2 aromatic rings. The summed E-state index contributed by atoms with van der Waals surface area (Å²) in [4.78, 5) is 16.0. The molecule has 0 bridgehead atoms.